The fraction of sp³-hybridized carbons (Fsp3) is 0.385. The third kappa shape index (κ3) is 2.94. The molecule has 0 saturated carbocycles. The molecule has 1 aromatic carbocycles. The zero-order valence-electron chi connectivity index (χ0n) is 9.82. The van der Waals surface area contributed by atoms with Crippen LogP contribution in [0.1, 0.15) is 31.7 Å². The summed E-state index contributed by atoms with van der Waals surface area (Å²) in [5, 5.41) is 5.95. The SMILES string of the molecule is CCCC1=NN(Cc2ccccc2Br)C(=O)C1. The number of rotatable bonds is 4. The fourth-order valence-electron chi connectivity index (χ4n) is 1.87. The number of hydrazone groups is 1. The summed E-state index contributed by atoms with van der Waals surface area (Å²) >= 11 is 3.48. The van der Waals surface area contributed by atoms with Gasteiger partial charge in [-0.15, -0.1) is 0 Å². The first-order valence-corrected chi connectivity index (χ1v) is 6.60. The van der Waals surface area contributed by atoms with Crippen LogP contribution in [0.2, 0.25) is 0 Å². The molecule has 0 spiro atoms. The summed E-state index contributed by atoms with van der Waals surface area (Å²) in [4.78, 5) is 11.8. The monoisotopic (exact) mass is 294 g/mol. The van der Waals surface area contributed by atoms with E-state index < -0.39 is 0 Å². The maximum absolute atomic E-state index is 11.8. The highest BCUT2D eigenvalue weighted by atomic mass is 79.9. The number of benzene rings is 1. The third-order valence-electron chi connectivity index (χ3n) is 2.72. The van der Waals surface area contributed by atoms with Gasteiger partial charge in [-0.05, 0) is 18.1 Å². The molecule has 0 atom stereocenters. The predicted molar refractivity (Wildman–Crippen MR) is 71.7 cm³/mol. The Labute approximate surface area is 110 Å². The Morgan fingerprint density at radius 1 is 1.41 bits per heavy atom. The van der Waals surface area contributed by atoms with Crippen molar-refractivity contribution in [2.75, 3.05) is 0 Å². The quantitative estimate of drug-likeness (QED) is 0.838. The summed E-state index contributed by atoms with van der Waals surface area (Å²) in [6.45, 7) is 2.65. The van der Waals surface area contributed by atoms with Gasteiger partial charge in [-0.2, -0.15) is 5.10 Å². The summed E-state index contributed by atoms with van der Waals surface area (Å²) in [7, 11) is 0. The van der Waals surface area contributed by atoms with Crippen LogP contribution in [0.3, 0.4) is 0 Å². The standard InChI is InChI=1S/C13H15BrN2O/c1-2-5-11-8-13(17)16(15-11)9-10-6-3-4-7-12(10)14/h3-4,6-7H,2,5,8-9H2,1H3. The summed E-state index contributed by atoms with van der Waals surface area (Å²) in [6, 6.07) is 7.92. The van der Waals surface area contributed by atoms with Gasteiger partial charge in [0.1, 0.15) is 0 Å². The molecular weight excluding hydrogens is 280 g/mol. The predicted octanol–water partition coefficient (Wildman–Crippen LogP) is 3.34. The van der Waals surface area contributed by atoms with E-state index in [1.54, 1.807) is 5.01 Å². The number of carbonyl (C=O) groups is 1. The number of carbonyl (C=O) groups excluding carboxylic acids is 1. The Hall–Kier alpha value is -1.16. The van der Waals surface area contributed by atoms with E-state index in [2.05, 4.69) is 28.0 Å². The summed E-state index contributed by atoms with van der Waals surface area (Å²) in [6.07, 6.45) is 2.44. The van der Waals surface area contributed by atoms with Gasteiger partial charge in [0, 0.05) is 10.2 Å². The number of amides is 1. The average Bonchev–Trinajstić information content (AvgIpc) is 2.63. The third-order valence-corrected chi connectivity index (χ3v) is 3.50. The lowest BCUT2D eigenvalue weighted by atomic mass is 10.2. The van der Waals surface area contributed by atoms with E-state index >= 15 is 0 Å². The number of hydrogen-bond acceptors (Lipinski definition) is 2. The molecule has 90 valence electrons. The van der Waals surface area contributed by atoms with Crippen LogP contribution in [-0.4, -0.2) is 16.6 Å². The summed E-state index contributed by atoms with van der Waals surface area (Å²) in [5.41, 5.74) is 2.09. The molecule has 4 heteroatoms. The van der Waals surface area contributed by atoms with Crippen LogP contribution in [0.4, 0.5) is 0 Å². The van der Waals surface area contributed by atoms with E-state index in [0.29, 0.717) is 13.0 Å². The van der Waals surface area contributed by atoms with Crippen LogP contribution in [0, 0.1) is 0 Å². The molecule has 1 aromatic rings. The van der Waals surface area contributed by atoms with Crippen molar-refractivity contribution in [3.63, 3.8) is 0 Å². The lowest BCUT2D eigenvalue weighted by Crippen LogP contribution is -2.20. The molecule has 17 heavy (non-hydrogen) atoms. The van der Waals surface area contributed by atoms with Gasteiger partial charge in [-0.3, -0.25) is 4.79 Å². The highest BCUT2D eigenvalue weighted by Crippen LogP contribution is 2.21. The van der Waals surface area contributed by atoms with Gasteiger partial charge in [-0.1, -0.05) is 47.5 Å². The molecule has 1 aliphatic rings. The van der Waals surface area contributed by atoms with Crippen LogP contribution in [0.15, 0.2) is 33.8 Å². The lowest BCUT2D eigenvalue weighted by molar-refractivity contribution is -0.129. The number of nitrogens with zero attached hydrogens (tertiary/aromatic N) is 2. The van der Waals surface area contributed by atoms with E-state index in [1.165, 1.54) is 0 Å². The second-order valence-electron chi connectivity index (χ2n) is 4.14. The van der Waals surface area contributed by atoms with E-state index in [-0.39, 0.29) is 5.91 Å². The van der Waals surface area contributed by atoms with E-state index in [0.717, 1.165) is 28.6 Å². The molecule has 1 aliphatic heterocycles. The number of hydrogen-bond donors (Lipinski definition) is 0. The minimum Gasteiger partial charge on any atom is -0.273 e. The van der Waals surface area contributed by atoms with Gasteiger partial charge in [0.05, 0.1) is 13.0 Å². The smallest absolute Gasteiger partial charge is 0.248 e. The second-order valence-corrected chi connectivity index (χ2v) is 4.99. The maximum atomic E-state index is 11.8. The topological polar surface area (TPSA) is 32.7 Å². The zero-order chi connectivity index (χ0) is 12.3. The normalized spacial score (nSPS) is 15.3. The van der Waals surface area contributed by atoms with Crippen LogP contribution in [0.25, 0.3) is 0 Å². The first kappa shape index (κ1) is 12.3. The van der Waals surface area contributed by atoms with Gasteiger partial charge in [-0.25, -0.2) is 5.01 Å². The van der Waals surface area contributed by atoms with Crippen LogP contribution < -0.4 is 0 Å². The van der Waals surface area contributed by atoms with Gasteiger partial charge in [0.2, 0.25) is 5.91 Å². The minimum absolute atomic E-state index is 0.101. The molecule has 0 radical (unpaired) electrons. The molecule has 0 aromatic heterocycles. The molecule has 3 nitrogen and oxygen atoms in total. The highest BCUT2D eigenvalue weighted by molar-refractivity contribution is 9.10. The first-order chi connectivity index (χ1) is 8.20. The Bertz CT molecular complexity index is 456. The fourth-order valence-corrected chi connectivity index (χ4v) is 2.28. The van der Waals surface area contributed by atoms with Crippen molar-refractivity contribution in [1.29, 1.82) is 0 Å². The van der Waals surface area contributed by atoms with Gasteiger partial charge >= 0.3 is 0 Å². The number of halogens is 1. The first-order valence-electron chi connectivity index (χ1n) is 5.81. The Balaban J connectivity index is 2.09. The molecule has 0 saturated heterocycles. The Morgan fingerprint density at radius 2 is 2.18 bits per heavy atom. The zero-order valence-corrected chi connectivity index (χ0v) is 11.4. The average molecular weight is 295 g/mol. The van der Waals surface area contributed by atoms with Crippen LogP contribution in [0.5, 0.6) is 0 Å². The molecule has 1 amide bonds. The molecule has 2 rings (SSSR count). The van der Waals surface area contributed by atoms with Gasteiger partial charge in [0.25, 0.3) is 0 Å². The molecule has 1 heterocycles. The van der Waals surface area contributed by atoms with Crippen molar-refractivity contribution in [3.05, 3.63) is 34.3 Å². The van der Waals surface area contributed by atoms with Crippen molar-refractivity contribution in [3.8, 4) is 0 Å². The van der Waals surface area contributed by atoms with Crippen molar-refractivity contribution in [2.24, 2.45) is 5.10 Å². The summed E-state index contributed by atoms with van der Waals surface area (Å²) in [5.74, 6) is 0.101. The van der Waals surface area contributed by atoms with E-state index in [1.807, 2.05) is 24.3 Å². The molecule has 0 fully saturated rings. The van der Waals surface area contributed by atoms with Crippen molar-refractivity contribution in [2.45, 2.75) is 32.7 Å². The Morgan fingerprint density at radius 3 is 2.88 bits per heavy atom. The van der Waals surface area contributed by atoms with Crippen molar-refractivity contribution < 1.29 is 4.79 Å². The molecular formula is C13H15BrN2O. The molecule has 0 bridgehead atoms. The maximum Gasteiger partial charge on any atom is 0.248 e. The van der Waals surface area contributed by atoms with Crippen molar-refractivity contribution in [1.82, 2.24) is 5.01 Å². The van der Waals surface area contributed by atoms with Gasteiger partial charge in [0.15, 0.2) is 0 Å². The van der Waals surface area contributed by atoms with Crippen molar-refractivity contribution >= 4 is 27.5 Å². The second kappa shape index (κ2) is 5.45. The van der Waals surface area contributed by atoms with Gasteiger partial charge < -0.3 is 0 Å². The highest BCUT2D eigenvalue weighted by Gasteiger charge is 2.23. The minimum atomic E-state index is 0.101. The lowest BCUT2D eigenvalue weighted by Gasteiger charge is -2.12. The largest absolute Gasteiger partial charge is 0.273 e. The van der Waals surface area contributed by atoms with Crippen LogP contribution in [-0.2, 0) is 11.3 Å². The van der Waals surface area contributed by atoms with E-state index in [4.69, 9.17) is 0 Å². The summed E-state index contributed by atoms with van der Waals surface area (Å²) < 4.78 is 1.02. The van der Waals surface area contributed by atoms with Crippen LogP contribution >= 0.6 is 15.9 Å². The molecule has 0 unspecified atom stereocenters. The molecule has 0 N–H and O–H groups in total. The molecule has 0 aliphatic carbocycles. The van der Waals surface area contributed by atoms with E-state index in [9.17, 15) is 4.79 Å². The Kier molecular flexibility index (Phi) is 3.94.